The van der Waals surface area contributed by atoms with Crippen LogP contribution in [0.2, 0.25) is 0 Å². The molecule has 3 aromatic heterocycles. The Kier molecular flexibility index (Phi) is 3.89. The van der Waals surface area contributed by atoms with Gasteiger partial charge in [0.1, 0.15) is 0 Å². The van der Waals surface area contributed by atoms with Gasteiger partial charge in [0, 0.05) is 11.9 Å². The van der Waals surface area contributed by atoms with Crippen LogP contribution in [0.4, 0.5) is 5.69 Å². The lowest BCUT2D eigenvalue weighted by atomic mass is 10.2. The summed E-state index contributed by atoms with van der Waals surface area (Å²) in [6.45, 7) is 5.63. The van der Waals surface area contributed by atoms with Gasteiger partial charge in [-0.1, -0.05) is 6.07 Å². The Bertz CT molecular complexity index is 855. The Hall–Kier alpha value is -3.02. The van der Waals surface area contributed by atoms with Crippen molar-refractivity contribution in [3.8, 4) is 5.82 Å². The summed E-state index contributed by atoms with van der Waals surface area (Å²) in [7, 11) is 0. The number of carbonyl (C=O) groups is 1. The summed E-state index contributed by atoms with van der Waals surface area (Å²) >= 11 is 0. The second-order valence-corrected chi connectivity index (χ2v) is 5.28. The zero-order chi connectivity index (χ0) is 16.4. The van der Waals surface area contributed by atoms with Crippen molar-refractivity contribution in [3.63, 3.8) is 0 Å². The van der Waals surface area contributed by atoms with Gasteiger partial charge in [0.15, 0.2) is 5.82 Å². The third-order valence-corrected chi connectivity index (χ3v) is 3.59. The van der Waals surface area contributed by atoms with Crippen LogP contribution < -0.4 is 5.32 Å². The lowest BCUT2D eigenvalue weighted by Crippen LogP contribution is -2.14. The molecule has 6 heteroatoms. The van der Waals surface area contributed by atoms with Gasteiger partial charge in [-0.25, -0.2) is 9.67 Å². The van der Waals surface area contributed by atoms with Gasteiger partial charge in [-0.05, 0) is 45.0 Å². The highest BCUT2D eigenvalue weighted by Gasteiger charge is 2.16. The fraction of sp³-hybridized carbons (Fsp3) is 0.176. The van der Waals surface area contributed by atoms with Gasteiger partial charge in [-0.15, -0.1) is 0 Å². The topological polar surface area (TPSA) is 72.7 Å². The molecule has 3 aromatic rings. The monoisotopic (exact) mass is 307 g/mol. The number of carbonyl (C=O) groups excluding carboxylic acids is 1. The van der Waals surface area contributed by atoms with E-state index in [9.17, 15) is 4.79 Å². The van der Waals surface area contributed by atoms with Gasteiger partial charge in [-0.2, -0.15) is 5.10 Å². The lowest BCUT2D eigenvalue weighted by Gasteiger charge is -2.08. The van der Waals surface area contributed by atoms with Crippen molar-refractivity contribution < 1.29 is 4.79 Å². The Labute approximate surface area is 134 Å². The summed E-state index contributed by atoms with van der Waals surface area (Å²) in [6.07, 6.45) is 3.24. The van der Waals surface area contributed by atoms with Crippen LogP contribution in [0.15, 0.2) is 42.7 Å². The Balaban J connectivity index is 1.88. The van der Waals surface area contributed by atoms with Crippen molar-refractivity contribution in [2.75, 3.05) is 5.32 Å². The predicted molar refractivity (Wildman–Crippen MR) is 87.8 cm³/mol. The summed E-state index contributed by atoms with van der Waals surface area (Å²) in [5.74, 6) is 0.468. The maximum Gasteiger partial charge on any atom is 0.259 e. The molecule has 0 saturated carbocycles. The summed E-state index contributed by atoms with van der Waals surface area (Å²) in [6, 6.07) is 9.28. The molecule has 0 aliphatic heterocycles. The van der Waals surface area contributed by atoms with Crippen LogP contribution in [-0.2, 0) is 0 Å². The third kappa shape index (κ3) is 2.96. The van der Waals surface area contributed by atoms with Crippen LogP contribution in [0.25, 0.3) is 5.82 Å². The molecule has 0 saturated heterocycles. The number of aromatic nitrogens is 4. The molecule has 1 N–H and O–H groups in total. The maximum atomic E-state index is 12.5. The van der Waals surface area contributed by atoms with Crippen LogP contribution in [0.3, 0.4) is 0 Å². The Morgan fingerprint density at radius 2 is 1.96 bits per heavy atom. The first-order valence-corrected chi connectivity index (χ1v) is 7.28. The highest BCUT2D eigenvalue weighted by atomic mass is 16.1. The van der Waals surface area contributed by atoms with Gasteiger partial charge < -0.3 is 5.32 Å². The van der Waals surface area contributed by atoms with Crippen molar-refractivity contribution in [1.82, 2.24) is 19.7 Å². The molecule has 0 atom stereocenters. The standard InChI is InChI=1S/C17H17N5O/c1-11-7-8-15(12(2)20-11)21-17(23)14-10-19-22(13(14)3)16-6-4-5-9-18-16/h4-10H,1-3H3,(H,21,23). The molecule has 3 heterocycles. The van der Waals surface area contributed by atoms with Gasteiger partial charge in [0.2, 0.25) is 0 Å². The second kappa shape index (κ2) is 6.00. The first-order valence-electron chi connectivity index (χ1n) is 7.28. The van der Waals surface area contributed by atoms with E-state index in [0.29, 0.717) is 17.1 Å². The fourth-order valence-corrected chi connectivity index (χ4v) is 2.35. The van der Waals surface area contributed by atoms with Crippen LogP contribution in [0, 0.1) is 20.8 Å². The number of amides is 1. The molecule has 3 rings (SSSR count). The van der Waals surface area contributed by atoms with E-state index in [1.807, 2.05) is 51.1 Å². The smallest absolute Gasteiger partial charge is 0.259 e. The zero-order valence-electron chi connectivity index (χ0n) is 13.2. The molecule has 0 fully saturated rings. The minimum Gasteiger partial charge on any atom is -0.320 e. The minimum atomic E-state index is -0.210. The largest absolute Gasteiger partial charge is 0.320 e. The van der Waals surface area contributed by atoms with E-state index in [-0.39, 0.29) is 5.91 Å². The first kappa shape index (κ1) is 14.9. The normalized spacial score (nSPS) is 10.6. The van der Waals surface area contributed by atoms with E-state index >= 15 is 0 Å². The molecule has 0 aliphatic rings. The van der Waals surface area contributed by atoms with E-state index in [0.717, 1.165) is 17.1 Å². The second-order valence-electron chi connectivity index (χ2n) is 5.28. The van der Waals surface area contributed by atoms with E-state index in [2.05, 4.69) is 20.4 Å². The number of aryl methyl sites for hydroxylation is 2. The molecule has 6 nitrogen and oxygen atoms in total. The molecular weight excluding hydrogens is 290 g/mol. The van der Waals surface area contributed by atoms with Gasteiger partial charge in [0.05, 0.1) is 28.8 Å². The summed E-state index contributed by atoms with van der Waals surface area (Å²) in [5, 5.41) is 7.15. The summed E-state index contributed by atoms with van der Waals surface area (Å²) in [5.41, 5.74) is 3.65. The van der Waals surface area contributed by atoms with Gasteiger partial charge >= 0.3 is 0 Å². The van der Waals surface area contributed by atoms with Crippen LogP contribution in [0.1, 0.15) is 27.4 Å². The summed E-state index contributed by atoms with van der Waals surface area (Å²) < 4.78 is 1.65. The summed E-state index contributed by atoms with van der Waals surface area (Å²) in [4.78, 5) is 21.1. The number of rotatable bonds is 3. The number of hydrogen-bond acceptors (Lipinski definition) is 4. The van der Waals surface area contributed by atoms with E-state index in [1.165, 1.54) is 0 Å². The third-order valence-electron chi connectivity index (χ3n) is 3.59. The number of nitrogens with zero attached hydrogens (tertiary/aromatic N) is 4. The van der Waals surface area contributed by atoms with Gasteiger partial charge in [0.25, 0.3) is 5.91 Å². The van der Waals surface area contributed by atoms with Crippen molar-refractivity contribution in [3.05, 3.63) is 65.4 Å². The van der Waals surface area contributed by atoms with Crippen molar-refractivity contribution in [1.29, 1.82) is 0 Å². The quantitative estimate of drug-likeness (QED) is 0.807. The number of pyridine rings is 2. The molecule has 0 radical (unpaired) electrons. The maximum absolute atomic E-state index is 12.5. The molecule has 0 bridgehead atoms. The molecule has 23 heavy (non-hydrogen) atoms. The molecule has 0 aliphatic carbocycles. The molecule has 1 amide bonds. The molecular formula is C17H17N5O. The minimum absolute atomic E-state index is 0.210. The molecule has 0 aromatic carbocycles. The van der Waals surface area contributed by atoms with Crippen LogP contribution in [0.5, 0.6) is 0 Å². The van der Waals surface area contributed by atoms with Crippen molar-refractivity contribution >= 4 is 11.6 Å². The Morgan fingerprint density at radius 3 is 2.65 bits per heavy atom. The zero-order valence-corrected chi connectivity index (χ0v) is 13.2. The van der Waals surface area contributed by atoms with E-state index in [1.54, 1.807) is 17.1 Å². The lowest BCUT2D eigenvalue weighted by molar-refractivity contribution is 0.102. The van der Waals surface area contributed by atoms with Crippen molar-refractivity contribution in [2.24, 2.45) is 0 Å². The van der Waals surface area contributed by atoms with Gasteiger partial charge in [-0.3, -0.25) is 9.78 Å². The van der Waals surface area contributed by atoms with Crippen LogP contribution >= 0.6 is 0 Å². The van der Waals surface area contributed by atoms with E-state index in [4.69, 9.17) is 0 Å². The SMILES string of the molecule is Cc1ccc(NC(=O)c2cnn(-c3ccccn3)c2C)c(C)n1. The first-order chi connectivity index (χ1) is 11.1. The number of nitrogens with one attached hydrogen (secondary N) is 1. The number of hydrogen-bond donors (Lipinski definition) is 1. The van der Waals surface area contributed by atoms with E-state index < -0.39 is 0 Å². The molecule has 0 spiro atoms. The van der Waals surface area contributed by atoms with Crippen LogP contribution in [-0.4, -0.2) is 25.7 Å². The predicted octanol–water partition coefficient (Wildman–Crippen LogP) is 2.84. The molecule has 0 unspecified atom stereocenters. The van der Waals surface area contributed by atoms with Crippen molar-refractivity contribution in [2.45, 2.75) is 20.8 Å². The fourth-order valence-electron chi connectivity index (χ4n) is 2.35. The highest BCUT2D eigenvalue weighted by molar-refractivity contribution is 6.05. The highest BCUT2D eigenvalue weighted by Crippen LogP contribution is 2.17. The Morgan fingerprint density at radius 1 is 1.13 bits per heavy atom. The number of anilines is 1. The average Bonchev–Trinajstić information content (AvgIpc) is 2.92. The molecule has 116 valence electrons. The average molecular weight is 307 g/mol.